The molecule has 21 heavy (non-hydrogen) atoms. The summed E-state index contributed by atoms with van der Waals surface area (Å²) in [6.07, 6.45) is 0.0780. The standard InChI is InChI=1S/C18H21ClO2/c1-12(2)21-16-8-6-14(7-9-16)18(20)11-15-5-4-13(3)10-17(15)19/h4-10,12,18,20H,11H2,1-3H3. The van der Waals surface area contributed by atoms with Crippen LogP contribution in [-0.2, 0) is 6.42 Å². The molecule has 0 saturated heterocycles. The lowest BCUT2D eigenvalue weighted by Crippen LogP contribution is -2.06. The molecule has 0 aromatic heterocycles. The fourth-order valence-electron chi connectivity index (χ4n) is 2.18. The van der Waals surface area contributed by atoms with Crippen LogP contribution < -0.4 is 4.74 Å². The molecule has 0 fully saturated rings. The average molecular weight is 305 g/mol. The highest BCUT2D eigenvalue weighted by atomic mass is 35.5. The molecule has 1 atom stereocenters. The van der Waals surface area contributed by atoms with Gasteiger partial charge in [0.25, 0.3) is 0 Å². The lowest BCUT2D eigenvalue weighted by molar-refractivity contribution is 0.178. The monoisotopic (exact) mass is 304 g/mol. The number of aryl methyl sites for hydroxylation is 1. The highest BCUT2D eigenvalue weighted by Crippen LogP contribution is 2.25. The molecule has 1 unspecified atom stereocenters. The predicted molar refractivity (Wildman–Crippen MR) is 87.1 cm³/mol. The van der Waals surface area contributed by atoms with Gasteiger partial charge in [0.15, 0.2) is 0 Å². The summed E-state index contributed by atoms with van der Waals surface area (Å²) in [6.45, 7) is 5.98. The molecule has 2 aromatic carbocycles. The van der Waals surface area contributed by atoms with Crippen LogP contribution in [0.2, 0.25) is 5.02 Å². The summed E-state index contributed by atoms with van der Waals surface area (Å²) in [4.78, 5) is 0. The lowest BCUT2D eigenvalue weighted by Gasteiger charge is -2.14. The van der Waals surface area contributed by atoms with Crippen LogP contribution in [-0.4, -0.2) is 11.2 Å². The average Bonchev–Trinajstić information content (AvgIpc) is 2.42. The fourth-order valence-corrected chi connectivity index (χ4v) is 2.50. The molecule has 0 saturated carbocycles. The van der Waals surface area contributed by atoms with Crippen molar-refractivity contribution in [3.63, 3.8) is 0 Å². The molecule has 0 radical (unpaired) electrons. The van der Waals surface area contributed by atoms with E-state index < -0.39 is 6.10 Å². The first kappa shape index (κ1) is 15.9. The van der Waals surface area contributed by atoms with Crippen molar-refractivity contribution in [3.8, 4) is 5.75 Å². The molecule has 0 spiro atoms. The van der Waals surface area contributed by atoms with Gasteiger partial charge >= 0.3 is 0 Å². The summed E-state index contributed by atoms with van der Waals surface area (Å²) in [6, 6.07) is 13.5. The zero-order valence-corrected chi connectivity index (χ0v) is 13.4. The zero-order chi connectivity index (χ0) is 15.4. The first-order valence-electron chi connectivity index (χ1n) is 7.15. The summed E-state index contributed by atoms with van der Waals surface area (Å²) in [5.41, 5.74) is 2.94. The number of rotatable bonds is 5. The molecular weight excluding hydrogens is 284 g/mol. The highest BCUT2D eigenvalue weighted by molar-refractivity contribution is 6.31. The Morgan fingerprint density at radius 2 is 1.76 bits per heavy atom. The molecule has 0 bridgehead atoms. The molecule has 0 aliphatic heterocycles. The smallest absolute Gasteiger partial charge is 0.119 e. The Bertz CT molecular complexity index is 591. The van der Waals surface area contributed by atoms with E-state index in [0.717, 1.165) is 22.4 Å². The van der Waals surface area contributed by atoms with E-state index in [4.69, 9.17) is 16.3 Å². The van der Waals surface area contributed by atoms with Crippen LogP contribution in [0.25, 0.3) is 0 Å². The lowest BCUT2D eigenvalue weighted by atomic mass is 10.0. The van der Waals surface area contributed by atoms with E-state index in [2.05, 4.69) is 0 Å². The number of ether oxygens (including phenoxy) is 1. The van der Waals surface area contributed by atoms with E-state index in [1.165, 1.54) is 0 Å². The SMILES string of the molecule is Cc1ccc(CC(O)c2ccc(OC(C)C)cc2)c(Cl)c1. The zero-order valence-electron chi connectivity index (χ0n) is 12.6. The molecule has 2 nitrogen and oxygen atoms in total. The van der Waals surface area contributed by atoms with E-state index >= 15 is 0 Å². The maximum atomic E-state index is 10.3. The molecule has 0 aliphatic rings. The maximum Gasteiger partial charge on any atom is 0.119 e. The number of hydrogen-bond acceptors (Lipinski definition) is 2. The van der Waals surface area contributed by atoms with Gasteiger partial charge in [0.05, 0.1) is 12.2 Å². The van der Waals surface area contributed by atoms with Crippen molar-refractivity contribution in [2.24, 2.45) is 0 Å². The Hall–Kier alpha value is -1.51. The molecule has 2 rings (SSSR count). The topological polar surface area (TPSA) is 29.5 Å². The second-order valence-corrected chi connectivity index (χ2v) is 5.96. The van der Waals surface area contributed by atoms with Crippen molar-refractivity contribution < 1.29 is 9.84 Å². The summed E-state index contributed by atoms with van der Waals surface area (Å²) >= 11 is 6.21. The van der Waals surface area contributed by atoms with Crippen LogP contribution in [0.1, 0.15) is 36.6 Å². The molecule has 0 heterocycles. The van der Waals surface area contributed by atoms with Crippen LogP contribution in [0.4, 0.5) is 0 Å². The van der Waals surface area contributed by atoms with Crippen molar-refractivity contribution in [2.75, 3.05) is 0 Å². The van der Waals surface area contributed by atoms with E-state index in [1.807, 2.05) is 63.2 Å². The summed E-state index contributed by atoms with van der Waals surface area (Å²) in [5, 5.41) is 11.0. The van der Waals surface area contributed by atoms with Crippen LogP contribution in [0, 0.1) is 6.92 Å². The molecule has 112 valence electrons. The Balaban J connectivity index is 2.07. The third-order valence-corrected chi connectivity index (χ3v) is 3.61. The molecule has 1 N–H and O–H groups in total. The molecule has 0 amide bonds. The number of aliphatic hydroxyl groups excluding tert-OH is 1. The Morgan fingerprint density at radius 1 is 1.10 bits per heavy atom. The van der Waals surface area contributed by atoms with Crippen molar-refractivity contribution in [3.05, 3.63) is 64.2 Å². The van der Waals surface area contributed by atoms with Gasteiger partial charge in [-0.1, -0.05) is 35.9 Å². The quantitative estimate of drug-likeness (QED) is 0.866. The van der Waals surface area contributed by atoms with Gasteiger partial charge in [0.1, 0.15) is 5.75 Å². The largest absolute Gasteiger partial charge is 0.491 e. The van der Waals surface area contributed by atoms with Gasteiger partial charge in [-0.2, -0.15) is 0 Å². The highest BCUT2D eigenvalue weighted by Gasteiger charge is 2.11. The van der Waals surface area contributed by atoms with Gasteiger partial charge in [-0.25, -0.2) is 0 Å². The van der Waals surface area contributed by atoms with Gasteiger partial charge in [0, 0.05) is 11.4 Å². The third kappa shape index (κ3) is 4.48. The van der Waals surface area contributed by atoms with E-state index in [1.54, 1.807) is 0 Å². The minimum Gasteiger partial charge on any atom is -0.491 e. The minimum absolute atomic E-state index is 0.145. The summed E-state index contributed by atoms with van der Waals surface area (Å²) < 4.78 is 5.60. The second kappa shape index (κ2) is 6.97. The fraction of sp³-hybridized carbons (Fsp3) is 0.333. The van der Waals surface area contributed by atoms with E-state index in [9.17, 15) is 5.11 Å². The minimum atomic E-state index is -0.571. The van der Waals surface area contributed by atoms with Crippen LogP contribution >= 0.6 is 11.6 Å². The van der Waals surface area contributed by atoms with Gasteiger partial charge in [-0.3, -0.25) is 0 Å². The van der Waals surface area contributed by atoms with Gasteiger partial charge in [-0.05, 0) is 55.7 Å². The van der Waals surface area contributed by atoms with Crippen LogP contribution in [0.3, 0.4) is 0 Å². The number of hydrogen-bond donors (Lipinski definition) is 1. The van der Waals surface area contributed by atoms with Crippen LogP contribution in [0.15, 0.2) is 42.5 Å². The predicted octanol–water partition coefficient (Wildman–Crippen LogP) is 4.71. The molecule has 0 aliphatic carbocycles. The maximum absolute atomic E-state index is 10.3. The number of benzene rings is 2. The Morgan fingerprint density at radius 3 is 2.33 bits per heavy atom. The first-order chi connectivity index (χ1) is 9.95. The second-order valence-electron chi connectivity index (χ2n) is 5.55. The number of halogens is 1. The van der Waals surface area contributed by atoms with Crippen molar-refractivity contribution in [1.82, 2.24) is 0 Å². The van der Waals surface area contributed by atoms with Crippen molar-refractivity contribution in [2.45, 2.75) is 39.4 Å². The van der Waals surface area contributed by atoms with Crippen molar-refractivity contribution >= 4 is 11.6 Å². The molecular formula is C18H21ClO2. The molecule has 3 heteroatoms. The third-order valence-electron chi connectivity index (χ3n) is 3.26. The van der Waals surface area contributed by atoms with E-state index in [-0.39, 0.29) is 6.10 Å². The Labute approximate surface area is 131 Å². The van der Waals surface area contributed by atoms with Crippen molar-refractivity contribution in [1.29, 1.82) is 0 Å². The summed E-state index contributed by atoms with van der Waals surface area (Å²) in [7, 11) is 0. The normalized spacial score (nSPS) is 12.5. The molecule has 2 aromatic rings. The Kier molecular flexibility index (Phi) is 5.27. The first-order valence-corrected chi connectivity index (χ1v) is 7.53. The number of aliphatic hydroxyl groups is 1. The van der Waals surface area contributed by atoms with Gasteiger partial charge < -0.3 is 9.84 Å². The van der Waals surface area contributed by atoms with Crippen LogP contribution in [0.5, 0.6) is 5.75 Å². The summed E-state index contributed by atoms with van der Waals surface area (Å²) in [5.74, 6) is 0.814. The van der Waals surface area contributed by atoms with E-state index in [0.29, 0.717) is 11.4 Å². The van der Waals surface area contributed by atoms with Gasteiger partial charge in [0.2, 0.25) is 0 Å². The van der Waals surface area contributed by atoms with Gasteiger partial charge in [-0.15, -0.1) is 0 Å².